The number of aliphatic hydroxyl groups is 1. The van der Waals surface area contributed by atoms with Gasteiger partial charge in [-0.2, -0.15) is 17.0 Å². The predicted octanol–water partition coefficient (Wildman–Crippen LogP) is 3.65. The number of thioether (sulfide) groups is 1. The van der Waals surface area contributed by atoms with E-state index in [1.807, 2.05) is 25.2 Å². The van der Waals surface area contributed by atoms with Crippen molar-refractivity contribution in [3.8, 4) is 6.19 Å². The number of nitrogens with zero attached hydrogens (tertiary/aromatic N) is 5. The standard InChI is InChI=1S/C21H27ClN2O2.C10H16N6S/c22-20-8-6-19(7-9-20)21(18-4-2-1-3-5-18)24-12-10-23(11-13-24)14-16-26-17-15-25;1-8-9(16-7-15-8)5-17-4-3-13-10(12-2)14-6-11/h1-9,21,25H,10-17H2;7H,3-5H2,1-2H3,(H,15,16)(H2,12,13,14). The molecule has 1 aliphatic rings. The maximum absolute atomic E-state index is 8.78. The Bertz CT molecular complexity index is 1240. The smallest absolute Gasteiger partial charge is 0.204 e. The van der Waals surface area contributed by atoms with Crippen LogP contribution in [0.25, 0.3) is 0 Å². The second-order valence-corrected chi connectivity index (χ2v) is 11.4. The molecule has 1 aliphatic heterocycles. The number of benzene rings is 2. The summed E-state index contributed by atoms with van der Waals surface area (Å²) in [5, 5.41) is 23.5. The molecule has 3 aromatic rings. The van der Waals surface area contributed by atoms with Crippen molar-refractivity contribution in [2.24, 2.45) is 4.99 Å². The van der Waals surface area contributed by atoms with E-state index in [2.05, 4.69) is 77.9 Å². The van der Waals surface area contributed by atoms with Crippen LogP contribution in [0.2, 0.25) is 5.02 Å². The molecule has 1 fully saturated rings. The van der Waals surface area contributed by atoms with Crippen molar-refractivity contribution in [3.05, 3.63) is 88.5 Å². The number of guanidine groups is 1. The number of halogens is 1. The van der Waals surface area contributed by atoms with Gasteiger partial charge in [0.05, 0.1) is 37.9 Å². The first-order valence-electron chi connectivity index (χ1n) is 14.4. The average molecular weight is 627 g/mol. The Morgan fingerprint density at radius 1 is 1.14 bits per heavy atom. The Morgan fingerprint density at radius 2 is 1.86 bits per heavy atom. The quantitative estimate of drug-likeness (QED) is 0.0740. The van der Waals surface area contributed by atoms with Crippen LogP contribution in [0.5, 0.6) is 0 Å². The van der Waals surface area contributed by atoms with Gasteiger partial charge in [0.15, 0.2) is 6.19 Å². The third kappa shape index (κ3) is 12.2. The van der Waals surface area contributed by atoms with Gasteiger partial charge in [0, 0.05) is 68.5 Å². The van der Waals surface area contributed by atoms with E-state index in [4.69, 9.17) is 26.7 Å². The van der Waals surface area contributed by atoms with Gasteiger partial charge in [-0.25, -0.2) is 4.98 Å². The van der Waals surface area contributed by atoms with Crippen LogP contribution in [0.3, 0.4) is 0 Å². The van der Waals surface area contributed by atoms with E-state index in [1.54, 1.807) is 25.1 Å². The van der Waals surface area contributed by atoms with Gasteiger partial charge in [-0.3, -0.25) is 20.1 Å². The summed E-state index contributed by atoms with van der Waals surface area (Å²) in [5.74, 6) is 2.32. The highest BCUT2D eigenvalue weighted by molar-refractivity contribution is 7.98. The summed E-state index contributed by atoms with van der Waals surface area (Å²) in [6.07, 6.45) is 3.54. The first-order valence-corrected chi connectivity index (χ1v) is 16.0. The van der Waals surface area contributed by atoms with Crippen LogP contribution in [0.15, 0.2) is 65.9 Å². The van der Waals surface area contributed by atoms with Gasteiger partial charge < -0.3 is 20.1 Å². The topological polar surface area (TPSA) is 125 Å². The molecule has 4 N–H and O–H groups in total. The minimum atomic E-state index is 0.0909. The highest BCUT2D eigenvalue weighted by atomic mass is 35.5. The maximum Gasteiger partial charge on any atom is 0.204 e. The van der Waals surface area contributed by atoms with E-state index < -0.39 is 0 Å². The molecule has 2 heterocycles. The number of aromatic nitrogens is 2. The molecule has 0 aliphatic carbocycles. The Morgan fingerprint density at radius 3 is 2.49 bits per heavy atom. The van der Waals surface area contributed by atoms with Crippen molar-refractivity contribution in [3.63, 3.8) is 0 Å². The van der Waals surface area contributed by atoms with Crippen molar-refractivity contribution in [1.82, 2.24) is 30.4 Å². The summed E-state index contributed by atoms with van der Waals surface area (Å²) in [5.41, 5.74) is 4.80. The molecule has 0 saturated carbocycles. The Balaban J connectivity index is 0.000000259. The summed E-state index contributed by atoms with van der Waals surface area (Å²) < 4.78 is 5.39. The number of H-pyrrole nitrogens is 1. The van der Waals surface area contributed by atoms with E-state index in [0.29, 0.717) is 19.2 Å². The molecule has 0 bridgehead atoms. The van der Waals surface area contributed by atoms with E-state index in [9.17, 15) is 0 Å². The lowest BCUT2D eigenvalue weighted by atomic mass is 9.96. The van der Waals surface area contributed by atoms with Crippen LogP contribution >= 0.6 is 23.4 Å². The first kappa shape index (κ1) is 34.4. The zero-order chi connectivity index (χ0) is 30.7. The van der Waals surface area contributed by atoms with Crippen LogP contribution < -0.4 is 10.6 Å². The zero-order valence-electron chi connectivity index (χ0n) is 25.0. The van der Waals surface area contributed by atoms with Gasteiger partial charge in [-0.05, 0) is 30.2 Å². The lowest BCUT2D eigenvalue weighted by molar-refractivity contribution is 0.0522. The number of hydrogen-bond acceptors (Lipinski definition) is 8. The number of aliphatic hydroxyl groups excluding tert-OH is 1. The lowest BCUT2D eigenvalue weighted by Gasteiger charge is -2.39. The lowest BCUT2D eigenvalue weighted by Crippen LogP contribution is -2.48. The number of nitrogens with one attached hydrogen (secondary N) is 3. The number of ether oxygens (including phenoxy) is 1. The molecule has 0 radical (unpaired) electrons. The van der Waals surface area contributed by atoms with Gasteiger partial charge in [0.1, 0.15) is 0 Å². The SMILES string of the molecule is CN=C(NC#N)NCCSCc1nc[nH]c1C.OCCOCCN1CCN(C(c2ccccc2)c2ccc(Cl)cc2)CC1. The van der Waals surface area contributed by atoms with E-state index >= 15 is 0 Å². The Kier molecular flexibility index (Phi) is 16.0. The summed E-state index contributed by atoms with van der Waals surface area (Å²) in [4.78, 5) is 16.1. The highest BCUT2D eigenvalue weighted by Gasteiger charge is 2.26. The fourth-order valence-electron chi connectivity index (χ4n) is 4.68. The summed E-state index contributed by atoms with van der Waals surface area (Å²) >= 11 is 7.88. The Hall–Kier alpha value is -3.11. The molecule has 0 amide bonds. The number of imidazole rings is 1. The number of hydrogen-bond donors (Lipinski definition) is 4. The van der Waals surface area contributed by atoms with Crippen LogP contribution in [-0.2, 0) is 10.5 Å². The van der Waals surface area contributed by atoms with Gasteiger partial charge >= 0.3 is 0 Å². The highest BCUT2D eigenvalue weighted by Crippen LogP contribution is 2.30. The summed E-state index contributed by atoms with van der Waals surface area (Å²) in [7, 11) is 1.63. The zero-order valence-corrected chi connectivity index (χ0v) is 26.6. The minimum absolute atomic E-state index is 0.0909. The molecular formula is C31H43ClN8O2S. The van der Waals surface area contributed by atoms with Crippen LogP contribution in [-0.4, -0.2) is 103 Å². The summed E-state index contributed by atoms with van der Waals surface area (Å²) in [6.45, 7) is 8.98. The van der Waals surface area contributed by atoms with Crippen molar-refractivity contribution in [2.45, 2.75) is 18.7 Å². The van der Waals surface area contributed by atoms with Gasteiger partial charge in [-0.1, -0.05) is 54.1 Å². The van der Waals surface area contributed by atoms with Gasteiger partial charge in [0.25, 0.3) is 0 Å². The molecule has 1 aromatic heterocycles. The molecule has 4 rings (SSSR count). The van der Waals surface area contributed by atoms with Crippen molar-refractivity contribution >= 4 is 29.3 Å². The van der Waals surface area contributed by atoms with Crippen molar-refractivity contribution < 1.29 is 9.84 Å². The molecule has 10 nitrogen and oxygen atoms in total. The maximum atomic E-state index is 8.78. The number of nitriles is 1. The average Bonchev–Trinajstić information content (AvgIpc) is 3.45. The predicted molar refractivity (Wildman–Crippen MR) is 175 cm³/mol. The molecule has 12 heteroatoms. The molecular weight excluding hydrogens is 584 g/mol. The van der Waals surface area contributed by atoms with E-state index in [0.717, 1.165) is 67.2 Å². The molecule has 1 atom stereocenters. The molecule has 2 aromatic carbocycles. The van der Waals surface area contributed by atoms with Crippen LogP contribution in [0.1, 0.15) is 28.6 Å². The van der Waals surface area contributed by atoms with Crippen molar-refractivity contribution in [2.75, 3.05) is 71.9 Å². The molecule has 232 valence electrons. The molecule has 43 heavy (non-hydrogen) atoms. The number of aromatic amines is 1. The van der Waals surface area contributed by atoms with Crippen LogP contribution in [0, 0.1) is 18.4 Å². The molecule has 0 spiro atoms. The summed E-state index contributed by atoms with van der Waals surface area (Å²) in [6, 6.07) is 19.1. The fraction of sp³-hybridized carbons (Fsp3) is 0.452. The second-order valence-electron chi connectivity index (χ2n) is 9.84. The molecule has 1 unspecified atom stereocenters. The minimum Gasteiger partial charge on any atom is -0.394 e. The number of aryl methyl sites for hydroxylation is 1. The first-order chi connectivity index (χ1) is 21.0. The van der Waals surface area contributed by atoms with Crippen LogP contribution in [0.4, 0.5) is 0 Å². The number of aliphatic imine (C=N–C) groups is 1. The van der Waals surface area contributed by atoms with Crippen molar-refractivity contribution in [1.29, 1.82) is 5.26 Å². The third-order valence-corrected chi connectivity index (χ3v) is 8.19. The van der Waals surface area contributed by atoms with E-state index in [-0.39, 0.29) is 12.6 Å². The van der Waals surface area contributed by atoms with Gasteiger partial charge in [-0.15, -0.1) is 0 Å². The van der Waals surface area contributed by atoms with E-state index in [1.165, 1.54) is 11.1 Å². The van der Waals surface area contributed by atoms with Gasteiger partial charge in [0.2, 0.25) is 5.96 Å². The largest absolute Gasteiger partial charge is 0.394 e. The monoisotopic (exact) mass is 626 g/mol. The fourth-order valence-corrected chi connectivity index (χ4v) is 5.68. The number of rotatable bonds is 13. The second kappa shape index (κ2) is 20.0. The Labute approximate surface area is 264 Å². The molecule has 1 saturated heterocycles. The number of piperazine rings is 1. The third-order valence-electron chi connectivity index (χ3n) is 6.97. The normalized spacial score (nSPS) is 14.8.